The van der Waals surface area contributed by atoms with Gasteiger partial charge in [-0.3, -0.25) is 0 Å². The third-order valence-electron chi connectivity index (χ3n) is 2.68. The van der Waals surface area contributed by atoms with Crippen LogP contribution in [0.25, 0.3) is 0 Å². The highest BCUT2D eigenvalue weighted by Gasteiger charge is 2.11. The van der Waals surface area contributed by atoms with E-state index in [0.717, 1.165) is 12.3 Å². The van der Waals surface area contributed by atoms with Crippen LogP contribution in [0.5, 0.6) is 0 Å². The lowest BCUT2D eigenvalue weighted by Crippen LogP contribution is -2.24. The van der Waals surface area contributed by atoms with Gasteiger partial charge in [-0.2, -0.15) is 11.8 Å². The average Bonchev–Trinajstić information content (AvgIpc) is 2.29. The fourth-order valence-electron chi connectivity index (χ4n) is 1.77. The second-order valence-corrected chi connectivity index (χ2v) is 6.41. The van der Waals surface area contributed by atoms with Crippen LogP contribution < -0.4 is 5.32 Å². The van der Waals surface area contributed by atoms with Gasteiger partial charge in [0.25, 0.3) is 0 Å². The summed E-state index contributed by atoms with van der Waals surface area (Å²) in [6, 6.07) is 9.35. The summed E-state index contributed by atoms with van der Waals surface area (Å²) in [5, 5.41) is 4.35. The summed E-state index contributed by atoms with van der Waals surface area (Å²) in [4.78, 5) is 0. The first-order valence-electron chi connectivity index (χ1n) is 6.55. The van der Waals surface area contributed by atoms with Crippen LogP contribution in [-0.2, 0) is 0 Å². The van der Waals surface area contributed by atoms with E-state index in [0.29, 0.717) is 11.3 Å². The van der Waals surface area contributed by atoms with Crippen LogP contribution in [-0.4, -0.2) is 17.5 Å². The summed E-state index contributed by atoms with van der Waals surface area (Å²) in [7, 11) is 0. The van der Waals surface area contributed by atoms with E-state index in [9.17, 15) is 0 Å². The standard InChI is InChI=1S/C15H25NS/c1-5-9-16-15(11-17-12(2)3)14-8-6-7-13(4)10-14/h6-8,10,12,15-16H,5,9,11H2,1-4H3. The van der Waals surface area contributed by atoms with Gasteiger partial charge in [-0.15, -0.1) is 0 Å². The first-order chi connectivity index (χ1) is 8.13. The molecule has 17 heavy (non-hydrogen) atoms. The topological polar surface area (TPSA) is 12.0 Å². The maximum Gasteiger partial charge on any atom is 0.0412 e. The molecule has 1 N–H and O–H groups in total. The lowest BCUT2D eigenvalue weighted by Gasteiger charge is -2.20. The Kier molecular flexibility index (Phi) is 6.68. The molecule has 0 bridgehead atoms. The maximum absolute atomic E-state index is 3.65. The quantitative estimate of drug-likeness (QED) is 0.780. The monoisotopic (exact) mass is 251 g/mol. The molecule has 1 rings (SSSR count). The van der Waals surface area contributed by atoms with Gasteiger partial charge in [-0.05, 0) is 30.7 Å². The molecule has 0 saturated carbocycles. The summed E-state index contributed by atoms with van der Waals surface area (Å²) >= 11 is 2.03. The lowest BCUT2D eigenvalue weighted by atomic mass is 10.1. The Balaban J connectivity index is 2.67. The minimum atomic E-state index is 0.488. The smallest absolute Gasteiger partial charge is 0.0412 e. The molecule has 0 aliphatic carbocycles. The molecule has 0 heterocycles. The van der Waals surface area contributed by atoms with Crippen molar-refractivity contribution in [2.75, 3.05) is 12.3 Å². The van der Waals surface area contributed by atoms with Crippen molar-refractivity contribution in [3.05, 3.63) is 35.4 Å². The van der Waals surface area contributed by atoms with E-state index in [4.69, 9.17) is 0 Å². The molecular formula is C15H25NS. The molecule has 1 aromatic rings. The number of hydrogen-bond donors (Lipinski definition) is 1. The molecule has 0 radical (unpaired) electrons. The number of hydrogen-bond acceptors (Lipinski definition) is 2. The van der Waals surface area contributed by atoms with Crippen molar-refractivity contribution in [3.8, 4) is 0 Å². The van der Waals surface area contributed by atoms with Crippen LogP contribution in [0.15, 0.2) is 24.3 Å². The third kappa shape index (κ3) is 5.60. The molecule has 1 unspecified atom stereocenters. The number of rotatable bonds is 7. The normalized spacial score (nSPS) is 13.0. The highest BCUT2D eigenvalue weighted by Crippen LogP contribution is 2.22. The first kappa shape index (κ1) is 14.6. The zero-order chi connectivity index (χ0) is 12.7. The molecule has 0 saturated heterocycles. The van der Waals surface area contributed by atoms with Crippen molar-refractivity contribution in [2.24, 2.45) is 0 Å². The SMILES string of the molecule is CCCNC(CSC(C)C)c1cccc(C)c1. The fraction of sp³-hybridized carbons (Fsp3) is 0.600. The Morgan fingerprint density at radius 1 is 1.29 bits per heavy atom. The van der Waals surface area contributed by atoms with Gasteiger partial charge in [0.1, 0.15) is 0 Å². The number of benzene rings is 1. The molecule has 1 aromatic carbocycles. The highest BCUT2D eigenvalue weighted by molar-refractivity contribution is 7.99. The van der Waals surface area contributed by atoms with E-state index >= 15 is 0 Å². The van der Waals surface area contributed by atoms with Gasteiger partial charge in [0.05, 0.1) is 0 Å². The summed E-state index contributed by atoms with van der Waals surface area (Å²) in [5.74, 6) is 1.15. The van der Waals surface area contributed by atoms with Crippen LogP contribution in [0.3, 0.4) is 0 Å². The van der Waals surface area contributed by atoms with E-state index < -0.39 is 0 Å². The van der Waals surface area contributed by atoms with Crippen molar-refractivity contribution in [2.45, 2.75) is 45.4 Å². The Labute approximate surface area is 110 Å². The lowest BCUT2D eigenvalue weighted by molar-refractivity contribution is 0.577. The third-order valence-corrected chi connectivity index (χ3v) is 3.87. The Morgan fingerprint density at radius 2 is 2.06 bits per heavy atom. The summed E-state index contributed by atoms with van der Waals surface area (Å²) in [5.41, 5.74) is 2.77. The molecule has 0 aromatic heterocycles. The van der Waals surface area contributed by atoms with Gasteiger partial charge in [-0.25, -0.2) is 0 Å². The molecule has 1 nitrogen and oxygen atoms in total. The molecule has 0 aliphatic rings. The summed E-state index contributed by atoms with van der Waals surface area (Å²) in [6.45, 7) is 10.00. The van der Waals surface area contributed by atoms with Gasteiger partial charge >= 0.3 is 0 Å². The summed E-state index contributed by atoms with van der Waals surface area (Å²) in [6.07, 6.45) is 1.19. The molecule has 0 fully saturated rings. The minimum absolute atomic E-state index is 0.488. The van der Waals surface area contributed by atoms with Crippen molar-refractivity contribution in [3.63, 3.8) is 0 Å². The van der Waals surface area contributed by atoms with Crippen molar-refractivity contribution in [1.29, 1.82) is 0 Å². The van der Waals surface area contributed by atoms with E-state index in [1.54, 1.807) is 0 Å². The van der Waals surface area contributed by atoms with Gasteiger partial charge in [0, 0.05) is 11.8 Å². The van der Waals surface area contributed by atoms with Gasteiger partial charge < -0.3 is 5.32 Å². The zero-order valence-electron chi connectivity index (χ0n) is 11.5. The Bertz CT molecular complexity index is 322. The van der Waals surface area contributed by atoms with Crippen LogP contribution in [0, 0.1) is 6.92 Å². The van der Waals surface area contributed by atoms with Crippen LogP contribution in [0.2, 0.25) is 0 Å². The van der Waals surface area contributed by atoms with Gasteiger partial charge in [0.2, 0.25) is 0 Å². The Hall–Kier alpha value is -0.470. The van der Waals surface area contributed by atoms with Crippen LogP contribution in [0.4, 0.5) is 0 Å². The van der Waals surface area contributed by atoms with Crippen LogP contribution >= 0.6 is 11.8 Å². The fourth-order valence-corrected chi connectivity index (χ4v) is 2.65. The van der Waals surface area contributed by atoms with Crippen molar-refractivity contribution in [1.82, 2.24) is 5.32 Å². The first-order valence-corrected chi connectivity index (χ1v) is 7.60. The molecule has 2 heteroatoms. The molecular weight excluding hydrogens is 226 g/mol. The second-order valence-electron chi connectivity index (χ2n) is 4.80. The summed E-state index contributed by atoms with van der Waals surface area (Å²) < 4.78 is 0. The minimum Gasteiger partial charge on any atom is -0.309 e. The largest absolute Gasteiger partial charge is 0.309 e. The second kappa shape index (κ2) is 7.78. The van der Waals surface area contributed by atoms with Crippen molar-refractivity contribution >= 4 is 11.8 Å². The average molecular weight is 251 g/mol. The zero-order valence-corrected chi connectivity index (χ0v) is 12.3. The van der Waals surface area contributed by atoms with E-state index in [1.165, 1.54) is 17.5 Å². The predicted octanol–water partition coefficient (Wildman–Crippen LogP) is 4.18. The molecule has 0 spiro atoms. The van der Waals surface area contributed by atoms with E-state index in [1.807, 2.05) is 11.8 Å². The van der Waals surface area contributed by atoms with Gasteiger partial charge in [-0.1, -0.05) is 50.6 Å². The molecule has 1 atom stereocenters. The van der Waals surface area contributed by atoms with Crippen molar-refractivity contribution < 1.29 is 0 Å². The maximum atomic E-state index is 3.65. The van der Waals surface area contributed by atoms with Crippen LogP contribution in [0.1, 0.15) is 44.4 Å². The Morgan fingerprint density at radius 3 is 2.65 bits per heavy atom. The molecule has 96 valence electrons. The number of thioether (sulfide) groups is 1. The van der Waals surface area contributed by atoms with E-state index in [2.05, 4.69) is 57.3 Å². The molecule has 0 amide bonds. The predicted molar refractivity (Wildman–Crippen MR) is 79.8 cm³/mol. The molecule has 0 aliphatic heterocycles. The number of nitrogens with one attached hydrogen (secondary N) is 1. The number of aryl methyl sites for hydroxylation is 1. The van der Waals surface area contributed by atoms with E-state index in [-0.39, 0.29) is 0 Å². The van der Waals surface area contributed by atoms with Gasteiger partial charge in [0.15, 0.2) is 0 Å². The highest BCUT2D eigenvalue weighted by atomic mass is 32.2.